The minimum Gasteiger partial charge on any atom is -0.486 e. The molecular formula is C14H14N2O3S. The summed E-state index contributed by atoms with van der Waals surface area (Å²) >= 11 is 1.17. The Morgan fingerprint density at radius 2 is 2.05 bits per heavy atom. The van der Waals surface area contributed by atoms with Gasteiger partial charge in [-0.25, -0.2) is 9.97 Å². The van der Waals surface area contributed by atoms with Crippen molar-refractivity contribution in [3.05, 3.63) is 47.9 Å². The molecule has 0 aliphatic heterocycles. The van der Waals surface area contributed by atoms with Gasteiger partial charge in [-0.1, -0.05) is 30.0 Å². The second-order valence-electron chi connectivity index (χ2n) is 4.05. The summed E-state index contributed by atoms with van der Waals surface area (Å²) in [7, 11) is 0. The summed E-state index contributed by atoms with van der Waals surface area (Å²) in [4.78, 5) is 19.1. The highest BCUT2D eigenvalue weighted by Crippen LogP contribution is 2.17. The lowest BCUT2D eigenvalue weighted by Gasteiger charge is -2.07. The van der Waals surface area contributed by atoms with Crippen molar-refractivity contribution in [3.63, 3.8) is 0 Å². The van der Waals surface area contributed by atoms with Crippen LogP contribution in [0.25, 0.3) is 0 Å². The lowest BCUT2D eigenvalue weighted by Crippen LogP contribution is -2.05. The van der Waals surface area contributed by atoms with E-state index >= 15 is 0 Å². The quantitative estimate of drug-likeness (QED) is 0.651. The molecule has 0 bridgehead atoms. The first-order valence-electron chi connectivity index (χ1n) is 6.00. The average Bonchev–Trinajstić information content (AvgIpc) is 2.44. The van der Waals surface area contributed by atoms with Crippen LogP contribution in [0.1, 0.15) is 11.5 Å². The highest BCUT2D eigenvalue weighted by Gasteiger charge is 2.06. The third-order valence-corrected chi connectivity index (χ3v) is 3.23. The van der Waals surface area contributed by atoms with Crippen LogP contribution in [0.15, 0.2) is 41.4 Å². The first kappa shape index (κ1) is 14.3. The number of thioether (sulfide) groups is 1. The highest BCUT2D eigenvalue weighted by atomic mass is 32.2. The summed E-state index contributed by atoms with van der Waals surface area (Å²) in [6.07, 6.45) is 0. The second-order valence-corrected chi connectivity index (χ2v) is 5.04. The van der Waals surface area contributed by atoms with Crippen LogP contribution in [0.5, 0.6) is 5.75 Å². The van der Waals surface area contributed by atoms with Crippen molar-refractivity contribution in [2.24, 2.45) is 0 Å². The molecule has 1 heterocycles. The lowest BCUT2D eigenvalue weighted by molar-refractivity contribution is -0.133. The molecule has 0 unspecified atom stereocenters. The van der Waals surface area contributed by atoms with Crippen LogP contribution in [-0.2, 0) is 11.4 Å². The molecule has 1 N–H and O–H groups in total. The van der Waals surface area contributed by atoms with Crippen LogP contribution in [0.3, 0.4) is 0 Å². The summed E-state index contributed by atoms with van der Waals surface area (Å²) in [5.41, 5.74) is 0.791. The molecule has 2 rings (SSSR count). The van der Waals surface area contributed by atoms with E-state index in [1.807, 2.05) is 37.3 Å². The highest BCUT2D eigenvalue weighted by molar-refractivity contribution is 7.99. The second kappa shape index (κ2) is 6.91. The van der Waals surface area contributed by atoms with Crippen LogP contribution in [0.2, 0.25) is 0 Å². The van der Waals surface area contributed by atoms with E-state index in [9.17, 15) is 4.79 Å². The van der Waals surface area contributed by atoms with Gasteiger partial charge >= 0.3 is 5.97 Å². The van der Waals surface area contributed by atoms with Gasteiger partial charge in [-0.05, 0) is 25.1 Å². The smallest absolute Gasteiger partial charge is 0.313 e. The zero-order valence-corrected chi connectivity index (χ0v) is 11.8. The third kappa shape index (κ3) is 4.55. The van der Waals surface area contributed by atoms with E-state index in [0.717, 1.165) is 11.4 Å². The van der Waals surface area contributed by atoms with Gasteiger partial charge in [0, 0.05) is 5.69 Å². The molecule has 0 saturated heterocycles. The summed E-state index contributed by atoms with van der Waals surface area (Å²) in [6.45, 7) is 2.10. The van der Waals surface area contributed by atoms with Gasteiger partial charge < -0.3 is 9.84 Å². The minimum absolute atomic E-state index is 0.0184. The van der Waals surface area contributed by atoms with Crippen molar-refractivity contribution in [1.82, 2.24) is 9.97 Å². The van der Waals surface area contributed by atoms with Crippen molar-refractivity contribution in [2.75, 3.05) is 5.75 Å². The van der Waals surface area contributed by atoms with Crippen molar-refractivity contribution in [3.8, 4) is 5.75 Å². The van der Waals surface area contributed by atoms with E-state index in [2.05, 4.69) is 9.97 Å². The largest absolute Gasteiger partial charge is 0.486 e. The topological polar surface area (TPSA) is 72.3 Å². The van der Waals surface area contributed by atoms with Crippen LogP contribution in [0, 0.1) is 6.92 Å². The fourth-order valence-corrected chi connectivity index (χ4v) is 2.23. The van der Waals surface area contributed by atoms with Crippen molar-refractivity contribution < 1.29 is 14.6 Å². The number of benzene rings is 1. The van der Waals surface area contributed by atoms with Crippen LogP contribution < -0.4 is 4.74 Å². The monoisotopic (exact) mass is 290 g/mol. The summed E-state index contributed by atoms with van der Waals surface area (Å²) in [6, 6.07) is 11.2. The third-order valence-electron chi connectivity index (χ3n) is 2.33. The van der Waals surface area contributed by atoms with Crippen LogP contribution in [0.4, 0.5) is 0 Å². The SMILES string of the molecule is Cc1cc(SCC(=O)O)nc(COc2ccccc2)n1. The number of para-hydroxylation sites is 1. The van der Waals surface area contributed by atoms with Gasteiger partial charge in [0.2, 0.25) is 0 Å². The molecule has 104 valence electrons. The Hall–Kier alpha value is -2.08. The van der Waals surface area contributed by atoms with Gasteiger partial charge in [0.25, 0.3) is 0 Å². The molecule has 0 atom stereocenters. The first-order chi connectivity index (χ1) is 9.63. The predicted octanol–water partition coefficient (Wildman–Crippen LogP) is 2.54. The van der Waals surface area contributed by atoms with Crippen LogP contribution >= 0.6 is 11.8 Å². The number of carboxylic acid groups (broad SMARTS) is 1. The van der Waals surface area contributed by atoms with Crippen molar-refractivity contribution in [2.45, 2.75) is 18.6 Å². The number of aryl methyl sites for hydroxylation is 1. The molecule has 0 fully saturated rings. The van der Waals surface area contributed by atoms with Gasteiger partial charge in [0.15, 0.2) is 5.82 Å². The molecule has 0 radical (unpaired) electrons. The van der Waals surface area contributed by atoms with Crippen LogP contribution in [-0.4, -0.2) is 26.8 Å². The number of aliphatic carboxylic acids is 1. The van der Waals surface area contributed by atoms with Gasteiger partial charge in [-0.2, -0.15) is 0 Å². The molecule has 0 saturated carbocycles. The Balaban J connectivity index is 2.02. The maximum absolute atomic E-state index is 10.6. The molecule has 6 heteroatoms. The normalized spacial score (nSPS) is 10.2. The fraction of sp³-hybridized carbons (Fsp3) is 0.214. The standard InChI is InChI=1S/C14H14N2O3S/c1-10-7-13(20-9-14(17)18)16-12(15-10)8-19-11-5-3-2-4-6-11/h2-7H,8-9H2,1H3,(H,17,18). The first-order valence-corrected chi connectivity index (χ1v) is 6.99. The molecule has 1 aromatic carbocycles. The number of aromatic nitrogens is 2. The van der Waals surface area contributed by atoms with E-state index in [1.165, 1.54) is 11.8 Å². The molecule has 20 heavy (non-hydrogen) atoms. The number of carboxylic acids is 1. The molecular weight excluding hydrogens is 276 g/mol. The zero-order chi connectivity index (χ0) is 14.4. The molecule has 1 aromatic heterocycles. The number of ether oxygens (including phenoxy) is 1. The molecule has 0 aliphatic rings. The van der Waals surface area contributed by atoms with Crippen molar-refractivity contribution in [1.29, 1.82) is 0 Å². The molecule has 2 aromatic rings. The Labute approximate surface area is 121 Å². The Bertz CT molecular complexity index is 590. The Kier molecular flexibility index (Phi) is 4.95. The van der Waals surface area contributed by atoms with E-state index in [-0.39, 0.29) is 12.4 Å². The number of hydrogen-bond donors (Lipinski definition) is 1. The van der Waals surface area contributed by atoms with Gasteiger partial charge in [0.05, 0.1) is 5.75 Å². The summed E-state index contributed by atoms with van der Waals surface area (Å²) in [5, 5.41) is 9.32. The Morgan fingerprint density at radius 1 is 1.30 bits per heavy atom. The molecule has 5 nitrogen and oxygen atoms in total. The average molecular weight is 290 g/mol. The minimum atomic E-state index is -0.867. The summed E-state index contributed by atoms with van der Waals surface area (Å²) < 4.78 is 5.58. The van der Waals surface area contributed by atoms with E-state index in [1.54, 1.807) is 6.07 Å². The number of hydrogen-bond acceptors (Lipinski definition) is 5. The fourth-order valence-electron chi connectivity index (χ4n) is 1.54. The zero-order valence-electron chi connectivity index (χ0n) is 10.9. The number of rotatable bonds is 6. The maximum atomic E-state index is 10.6. The van der Waals surface area contributed by atoms with Gasteiger partial charge in [-0.15, -0.1) is 0 Å². The number of carbonyl (C=O) groups is 1. The van der Waals surface area contributed by atoms with E-state index in [0.29, 0.717) is 10.9 Å². The lowest BCUT2D eigenvalue weighted by atomic mass is 10.3. The predicted molar refractivity (Wildman–Crippen MR) is 75.9 cm³/mol. The maximum Gasteiger partial charge on any atom is 0.313 e. The van der Waals surface area contributed by atoms with Gasteiger partial charge in [0.1, 0.15) is 17.4 Å². The van der Waals surface area contributed by atoms with E-state index in [4.69, 9.17) is 9.84 Å². The molecule has 0 spiro atoms. The Morgan fingerprint density at radius 3 is 2.75 bits per heavy atom. The molecule has 0 amide bonds. The van der Waals surface area contributed by atoms with Gasteiger partial charge in [-0.3, -0.25) is 4.79 Å². The number of nitrogens with zero attached hydrogens (tertiary/aromatic N) is 2. The van der Waals surface area contributed by atoms with E-state index < -0.39 is 5.97 Å². The molecule has 0 aliphatic carbocycles. The van der Waals surface area contributed by atoms with Crippen molar-refractivity contribution >= 4 is 17.7 Å². The summed E-state index contributed by atoms with van der Waals surface area (Å²) in [5.74, 6) is 0.405.